The van der Waals surface area contributed by atoms with Crippen molar-refractivity contribution in [3.63, 3.8) is 0 Å². The fraction of sp³-hybridized carbons (Fsp3) is 0.950. The van der Waals surface area contributed by atoms with E-state index >= 15 is 0 Å². The van der Waals surface area contributed by atoms with Crippen LogP contribution in [0.15, 0.2) is 0 Å². The number of fused-ring (bicyclic) bond motifs is 2. The van der Waals surface area contributed by atoms with Gasteiger partial charge in [-0.2, -0.15) is 0 Å². The van der Waals surface area contributed by atoms with Crippen molar-refractivity contribution in [2.45, 2.75) is 85.2 Å². The summed E-state index contributed by atoms with van der Waals surface area (Å²) in [6.07, 6.45) is 8.46. The highest BCUT2D eigenvalue weighted by atomic mass is 16.3. The Hall–Kier alpha value is -0.370. The van der Waals surface area contributed by atoms with Gasteiger partial charge in [0.05, 0.1) is 6.10 Å². The summed E-state index contributed by atoms with van der Waals surface area (Å²) in [6.45, 7) is 9.56. The summed E-state index contributed by atoms with van der Waals surface area (Å²) in [7, 11) is 0. The molecule has 4 aliphatic rings. The van der Waals surface area contributed by atoms with Crippen molar-refractivity contribution < 1.29 is 9.90 Å². The van der Waals surface area contributed by atoms with Crippen LogP contribution in [0.5, 0.6) is 0 Å². The fourth-order valence-corrected chi connectivity index (χ4v) is 7.69. The largest absolute Gasteiger partial charge is 0.393 e. The smallest absolute Gasteiger partial charge is 0.139 e. The highest BCUT2D eigenvalue weighted by Gasteiger charge is 2.70. The second kappa shape index (κ2) is 4.18. The zero-order valence-electron chi connectivity index (χ0n) is 14.7. The van der Waals surface area contributed by atoms with E-state index in [1.54, 1.807) is 0 Å². The molecule has 0 aromatic carbocycles. The summed E-state index contributed by atoms with van der Waals surface area (Å²) < 4.78 is 0. The molecule has 2 bridgehead atoms. The van der Waals surface area contributed by atoms with Crippen LogP contribution in [0.1, 0.15) is 79.1 Å². The van der Waals surface area contributed by atoms with Gasteiger partial charge < -0.3 is 5.11 Å². The van der Waals surface area contributed by atoms with Crippen LogP contribution in [-0.4, -0.2) is 17.0 Å². The van der Waals surface area contributed by atoms with Gasteiger partial charge in [0, 0.05) is 11.8 Å². The van der Waals surface area contributed by atoms with E-state index in [0.717, 1.165) is 19.3 Å². The molecule has 0 radical (unpaired) electrons. The van der Waals surface area contributed by atoms with Gasteiger partial charge in [-0.1, -0.05) is 34.1 Å². The molecule has 0 unspecified atom stereocenters. The third-order valence-corrected chi connectivity index (χ3v) is 8.93. The van der Waals surface area contributed by atoms with Gasteiger partial charge in [-0.15, -0.1) is 0 Å². The predicted octanol–water partition coefficient (Wildman–Crippen LogP) is 4.35. The summed E-state index contributed by atoms with van der Waals surface area (Å²) >= 11 is 0. The third-order valence-electron chi connectivity index (χ3n) is 8.93. The van der Waals surface area contributed by atoms with Crippen LogP contribution in [-0.2, 0) is 4.79 Å². The number of hydrogen-bond donors (Lipinski definition) is 1. The molecule has 0 aromatic heterocycles. The standard InChI is InChI=1S/C20H32O2/c1-17(2)6-5-7-19(4)15(17)11-14(21)13-10-16(22)18(3)8-9-20(13,19)12-18/h13-15,21H,5-12H2,1-4H3/t13-,14+,15+,18-,19+,20+/m1/s1. The molecule has 0 heterocycles. The van der Waals surface area contributed by atoms with E-state index in [2.05, 4.69) is 27.7 Å². The topological polar surface area (TPSA) is 37.3 Å². The zero-order valence-corrected chi connectivity index (χ0v) is 14.7. The highest BCUT2D eigenvalue weighted by molar-refractivity contribution is 5.86. The molecule has 0 saturated heterocycles. The van der Waals surface area contributed by atoms with Gasteiger partial charge in [0.25, 0.3) is 0 Å². The lowest BCUT2D eigenvalue weighted by Gasteiger charge is -2.67. The number of aliphatic hydroxyl groups excluding tert-OH is 1. The Balaban J connectivity index is 1.85. The molecule has 1 spiro atoms. The quantitative estimate of drug-likeness (QED) is 0.722. The number of carbonyl (C=O) groups excluding carboxylic acids is 1. The van der Waals surface area contributed by atoms with Gasteiger partial charge in [-0.3, -0.25) is 4.79 Å². The number of aliphatic hydroxyl groups is 1. The molecular weight excluding hydrogens is 272 g/mol. The lowest BCUT2D eigenvalue weighted by atomic mass is 9.38. The van der Waals surface area contributed by atoms with Gasteiger partial charge in [-0.25, -0.2) is 0 Å². The molecule has 124 valence electrons. The van der Waals surface area contributed by atoms with Gasteiger partial charge in [0.2, 0.25) is 0 Å². The van der Waals surface area contributed by atoms with E-state index in [-0.39, 0.29) is 22.9 Å². The van der Waals surface area contributed by atoms with Crippen LogP contribution in [0.3, 0.4) is 0 Å². The van der Waals surface area contributed by atoms with Crippen LogP contribution in [0.4, 0.5) is 0 Å². The minimum atomic E-state index is -0.262. The maximum absolute atomic E-state index is 12.7. The van der Waals surface area contributed by atoms with E-state index in [0.29, 0.717) is 29.0 Å². The Bertz CT molecular complexity index is 524. The molecule has 22 heavy (non-hydrogen) atoms. The molecule has 0 aliphatic heterocycles. The maximum Gasteiger partial charge on any atom is 0.139 e. The summed E-state index contributed by atoms with van der Waals surface area (Å²) in [5.74, 6) is 1.27. The Kier molecular flexibility index (Phi) is 2.88. The van der Waals surface area contributed by atoms with Crippen LogP contribution in [0.25, 0.3) is 0 Å². The summed E-state index contributed by atoms with van der Waals surface area (Å²) in [5.41, 5.74) is 0.768. The Morgan fingerprint density at radius 3 is 2.50 bits per heavy atom. The monoisotopic (exact) mass is 304 g/mol. The van der Waals surface area contributed by atoms with Crippen LogP contribution >= 0.6 is 0 Å². The van der Waals surface area contributed by atoms with E-state index in [9.17, 15) is 9.90 Å². The summed E-state index contributed by atoms with van der Waals surface area (Å²) in [5, 5.41) is 11.0. The van der Waals surface area contributed by atoms with Crippen molar-refractivity contribution in [3.05, 3.63) is 0 Å². The average Bonchev–Trinajstić information content (AvgIpc) is 2.74. The first kappa shape index (κ1) is 15.2. The molecule has 2 heteroatoms. The molecule has 0 amide bonds. The minimum Gasteiger partial charge on any atom is -0.393 e. The molecule has 1 N–H and O–H groups in total. The first-order valence-corrected chi connectivity index (χ1v) is 9.36. The molecule has 4 fully saturated rings. The molecule has 2 nitrogen and oxygen atoms in total. The van der Waals surface area contributed by atoms with Crippen molar-refractivity contribution in [3.8, 4) is 0 Å². The number of Topliss-reactive ketones (excluding diaryl/α,β-unsaturated/α-hetero) is 1. The summed E-state index contributed by atoms with van der Waals surface area (Å²) in [6, 6.07) is 0. The third kappa shape index (κ3) is 1.58. The average molecular weight is 304 g/mol. The minimum absolute atomic E-state index is 0.0945. The lowest BCUT2D eigenvalue weighted by Crippen LogP contribution is -2.63. The Morgan fingerprint density at radius 1 is 1.05 bits per heavy atom. The maximum atomic E-state index is 12.7. The Labute approximate surface area is 135 Å². The molecule has 0 aromatic rings. The zero-order chi connectivity index (χ0) is 16.0. The highest BCUT2D eigenvalue weighted by Crippen LogP contribution is 2.75. The number of carbonyl (C=O) groups is 1. The first-order valence-electron chi connectivity index (χ1n) is 9.36. The number of hydrogen-bond acceptors (Lipinski definition) is 2. The van der Waals surface area contributed by atoms with Crippen molar-refractivity contribution in [2.75, 3.05) is 0 Å². The van der Waals surface area contributed by atoms with E-state index in [1.165, 1.54) is 25.7 Å². The lowest BCUT2D eigenvalue weighted by molar-refractivity contribution is -0.209. The normalized spacial score (nSPS) is 56.4. The van der Waals surface area contributed by atoms with Gasteiger partial charge in [-0.05, 0) is 66.6 Å². The van der Waals surface area contributed by atoms with Gasteiger partial charge in [0.15, 0.2) is 0 Å². The molecular formula is C20H32O2. The number of rotatable bonds is 0. The van der Waals surface area contributed by atoms with Crippen LogP contribution in [0.2, 0.25) is 0 Å². The van der Waals surface area contributed by atoms with Crippen molar-refractivity contribution in [1.82, 2.24) is 0 Å². The van der Waals surface area contributed by atoms with Gasteiger partial charge >= 0.3 is 0 Å². The van der Waals surface area contributed by atoms with Crippen LogP contribution < -0.4 is 0 Å². The molecule has 4 rings (SSSR count). The second-order valence-corrected chi connectivity index (χ2v) is 10.2. The van der Waals surface area contributed by atoms with E-state index in [4.69, 9.17) is 0 Å². The SMILES string of the molecule is CC1(C)CCC[C@@]2(C)[C@H]1C[C@H](O)[C@H]1CC(=O)[C@]3(C)CC[C@]12C3. The van der Waals surface area contributed by atoms with Crippen molar-refractivity contribution in [2.24, 2.45) is 33.5 Å². The fourth-order valence-electron chi connectivity index (χ4n) is 7.69. The predicted molar refractivity (Wildman–Crippen MR) is 87.4 cm³/mol. The van der Waals surface area contributed by atoms with E-state index < -0.39 is 0 Å². The van der Waals surface area contributed by atoms with Gasteiger partial charge in [0.1, 0.15) is 5.78 Å². The van der Waals surface area contributed by atoms with E-state index in [1.807, 2.05) is 0 Å². The molecule has 6 atom stereocenters. The first-order chi connectivity index (χ1) is 10.1. The van der Waals surface area contributed by atoms with Crippen molar-refractivity contribution in [1.29, 1.82) is 0 Å². The molecule has 4 aliphatic carbocycles. The molecule has 4 saturated carbocycles. The summed E-state index contributed by atoms with van der Waals surface area (Å²) in [4.78, 5) is 12.7. The number of ketones is 1. The second-order valence-electron chi connectivity index (χ2n) is 10.2. The van der Waals surface area contributed by atoms with Crippen LogP contribution in [0, 0.1) is 33.5 Å². The Morgan fingerprint density at radius 2 is 1.77 bits per heavy atom. The van der Waals surface area contributed by atoms with Crippen molar-refractivity contribution >= 4 is 5.78 Å².